The lowest BCUT2D eigenvalue weighted by atomic mass is 9.80. The molecule has 0 aliphatic rings. The van der Waals surface area contributed by atoms with Crippen LogP contribution in [0.4, 0.5) is 0 Å². The van der Waals surface area contributed by atoms with E-state index in [0.717, 1.165) is 13.8 Å². The summed E-state index contributed by atoms with van der Waals surface area (Å²) in [4.78, 5) is 10.1. The van der Waals surface area contributed by atoms with Crippen molar-refractivity contribution in [2.24, 2.45) is 0 Å². The Bertz CT molecular complexity index is 200. The van der Waals surface area contributed by atoms with E-state index in [1.54, 1.807) is 0 Å². The lowest BCUT2D eigenvalue weighted by Gasteiger charge is -2.41. The van der Waals surface area contributed by atoms with Crippen molar-refractivity contribution in [3.63, 3.8) is 0 Å². The van der Waals surface area contributed by atoms with Crippen molar-refractivity contribution in [1.82, 2.24) is 0 Å². The predicted octanol–water partition coefficient (Wildman–Crippen LogP) is -2.60. The van der Waals surface area contributed by atoms with Gasteiger partial charge in [-0.2, -0.15) is 0 Å². The Balaban J connectivity index is 4.85. The number of hydrogen-bond donors (Lipinski definition) is 5. The van der Waals surface area contributed by atoms with Crippen LogP contribution in [-0.4, -0.2) is 61.8 Å². The molecule has 0 radical (unpaired) electrons. The average Bonchev–Trinajstić information content (AvgIpc) is 2.14. The third kappa shape index (κ3) is 2.28. The third-order valence-electron chi connectivity index (χ3n) is 2.44. The van der Waals surface area contributed by atoms with Crippen LogP contribution in [0.25, 0.3) is 0 Å². The molecule has 0 heterocycles. The molecule has 0 spiro atoms. The van der Waals surface area contributed by atoms with E-state index in [2.05, 4.69) is 0 Å². The van der Waals surface area contributed by atoms with E-state index >= 15 is 0 Å². The van der Waals surface area contributed by atoms with E-state index in [1.165, 1.54) is 0 Å². The first-order chi connectivity index (χ1) is 6.20. The van der Waals surface area contributed by atoms with E-state index in [1.807, 2.05) is 0 Å². The molecular formula is C8H16O6. The Kier molecular flexibility index (Phi) is 4.16. The molecule has 84 valence electrons. The third-order valence-corrected chi connectivity index (χ3v) is 2.44. The van der Waals surface area contributed by atoms with Gasteiger partial charge in [0.25, 0.3) is 0 Å². The summed E-state index contributed by atoms with van der Waals surface area (Å²) < 4.78 is 0. The molecule has 14 heavy (non-hydrogen) atoms. The summed E-state index contributed by atoms with van der Waals surface area (Å²) in [6.45, 7) is 1.27. The minimum Gasteiger partial charge on any atom is -0.393 e. The Morgan fingerprint density at radius 1 is 1.29 bits per heavy atom. The van der Waals surface area contributed by atoms with Crippen molar-refractivity contribution in [1.29, 1.82) is 0 Å². The van der Waals surface area contributed by atoms with Gasteiger partial charge in [-0.3, -0.25) is 0 Å². The maximum Gasteiger partial charge on any atom is 0.151 e. The highest BCUT2D eigenvalue weighted by molar-refractivity contribution is 5.57. The molecule has 0 saturated carbocycles. The number of rotatable bonds is 5. The van der Waals surface area contributed by atoms with Crippen LogP contribution in [-0.2, 0) is 4.79 Å². The van der Waals surface area contributed by atoms with Gasteiger partial charge in [0.05, 0.1) is 6.61 Å². The molecule has 6 heteroatoms. The van der Waals surface area contributed by atoms with Crippen LogP contribution in [0.3, 0.4) is 0 Å². The second-order valence-corrected chi connectivity index (χ2v) is 3.65. The highest BCUT2D eigenvalue weighted by Gasteiger charge is 2.49. The number of aliphatic hydroxyl groups is 5. The minimum atomic E-state index is -2.19. The summed E-state index contributed by atoms with van der Waals surface area (Å²) in [5.74, 6) is 0. The van der Waals surface area contributed by atoms with Gasteiger partial charge in [0.2, 0.25) is 0 Å². The summed E-state index contributed by atoms with van der Waals surface area (Å²) in [7, 11) is 0. The molecule has 0 aromatic carbocycles. The van der Waals surface area contributed by atoms with Crippen LogP contribution >= 0.6 is 0 Å². The van der Waals surface area contributed by atoms with Crippen molar-refractivity contribution < 1.29 is 30.3 Å². The molecule has 4 atom stereocenters. The first kappa shape index (κ1) is 13.5. The van der Waals surface area contributed by atoms with E-state index < -0.39 is 30.0 Å². The highest BCUT2D eigenvalue weighted by atomic mass is 16.4. The molecule has 4 unspecified atom stereocenters. The van der Waals surface area contributed by atoms with E-state index in [0.29, 0.717) is 0 Å². The maximum absolute atomic E-state index is 10.1. The van der Waals surface area contributed by atoms with Crippen molar-refractivity contribution in [2.45, 2.75) is 37.3 Å². The molecule has 0 rings (SSSR count). The van der Waals surface area contributed by atoms with Crippen LogP contribution in [0.1, 0.15) is 13.8 Å². The van der Waals surface area contributed by atoms with Crippen LogP contribution in [0, 0.1) is 0 Å². The van der Waals surface area contributed by atoms with Crippen molar-refractivity contribution in [2.75, 3.05) is 6.61 Å². The van der Waals surface area contributed by atoms with Gasteiger partial charge >= 0.3 is 0 Å². The normalized spacial score (nSPS) is 24.5. The first-order valence-electron chi connectivity index (χ1n) is 4.07. The molecule has 0 aromatic heterocycles. The minimum absolute atomic E-state index is 0.0343. The molecular weight excluding hydrogens is 192 g/mol. The van der Waals surface area contributed by atoms with Crippen LogP contribution in [0.5, 0.6) is 0 Å². The molecule has 0 aromatic rings. The Morgan fingerprint density at radius 2 is 1.71 bits per heavy atom. The van der Waals surface area contributed by atoms with E-state index in [9.17, 15) is 20.1 Å². The zero-order chi connectivity index (χ0) is 11.6. The largest absolute Gasteiger partial charge is 0.393 e. The summed E-state index contributed by atoms with van der Waals surface area (Å²) in [5, 5.41) is 46.1. The SMILES string of the molecule is CC(O)(CO)C(C)(O)C(O)C(O)C=O. The van der Waals surface area contributed by atoms with Crippen LogP contribution in [0.2, 0.25) is 0 Å². The molecule has 6 nitrogen and oxygen atoms in total. The van der Waals surface area contributed by atoms with Gasteiger partial charge in [0.15, 0.2) is 6.29 Å². The smallest absolute Gasteiger partial charge is 0.151 e. The number of aldehydes is 1. The lowest BCUT2D eigenvalue weighted by Crippen LogP contribution is -2.62. The fourth-order valence-corrected chi connectivity index (χ4v) is 0.886. The second kappa shape index (κ2) is 4.33. The van der Waals surface area contributed by atoms with Crippen molar-refractivity contribution in [3.05, 3.63) is 0 Å². The summed E-state index contributed by atoms with van der Waals surface area (Å²) >= 11 is 0. The van der Waals surface area contributed by atoms with Crippen molar-refractivity contribution >= 4 is 6.29 Å². The van der Waals surface area contributed by atoms with Gasteiger partial charge in [-0.15, -0.1) is 0 Å². The highest BCUT2D eigenvalue weighted by Crippen LogP contribution is 2.26. The van der Waals surface area contributed by atoms with Crippen LogP contribution < -0.4 is 0 Å². The lowest BCUT2D eigenvalue weighted by molar-refractivity contribution is -0.215. The number of aliphatic hydroxyl groups excluding tert-OH is 3. The Morgan fingerprint density at radius 3 is 2.00 bits per heavy atom. The quantitative estimate of drug-likeness (QED) is 0.316. The van der Waals surface area contributed by atoms with Gasteiger partial charge in [0.1, 0.15) is 23.4 Å². The zero-order valence-corrected chi connectivity index (χ0v) is 8.08. The molecule has 5 N–H and O–H groups in total. The summed E-state index contributed by atoms with van der Waals surface area (Å²) in [5.41, 5.74) is -4.21. The van der Waals surface area contributed by atoms with E-state index in [-0.39, 0.29) is 6.29 Å². The first-order valence-corrected chi connectivity index (χ1v) is 4.07. The van der Waals surface area contributed by atoms with Gasteiger partial charge < -0.3 is 30.3 Å². The Hall–Kier alpha value is -0.530. The van der Waals surface area contributed by atoms with Gasteiger partial charge in [-0.25, -0.2) is 0 Å². The van der Waals surface area contributed by atoms with Crippen molar-refractivity contribution in [3.8, 4) is 0 Å². The predicted molar refractivity (Wildman–Crippen MR) is 46.4 cm³/mol. The monoisotopic (exact) mass is 208 g/mol. The second-order valence-electron chi connectivity index (χ2n) is 3.65. The van der Waals surface area contributed by atoms with E-state index in [4.69, 9.17) is 10.2 Å². The molecule has 0 amide bonds. The average molecular weight is 208 g/mol. The maximum atomic E-state index is 10.1. The van der Waals surface area contributed by atoms with Gasteiger partial charge in [-0.05, 0) is 13.8 Å². The molecule has 0 aliphatic carbocycles. The molecule has 0 bridgehead atoms. The Labute approximate surface area is 81.4 Å². The number of carbonyl (C=O) groups excluding carboxylic acids is 1. The zero-order valence-electron chi connectivity index (χ0n) is 8.08. The fraction of sp³-hybridized carbons (Fsp3) is 0.875. The van der Waals surface area contributed by atoms with Gasteiger partial charge in [0, 0.05) is 0 Å². The number of hydrogen-bond acceptors (Lipinski definition) is 6. The summed E-state index contributed by atoms with van der Waals surface area (Å²) in [6.07, 6.45) is -3.66. The van der Waals surface area contributed by atoms with Crippen LogP contribution in [0.15, 0.2) is 0 Å². The van der Waals surface area contributed by atoms with Gasteiger partial charge in [-0.1, -0.05) is 0 Å². The fourth-order valence-electron chi connectivity index (χ4n) is 0.886. The number of carbonyl (C=O) groups is 1. The summed E-state index contributed by atoms with van der Waals surface area (Å²) in [6, 6.07) is 0. The molecule has 0 aliphatic heterocycles. The standard InChI is InChI=1S/C8H16O6/c1-7(13,4-10)8(2,14)6(12)5(11)3-9/h3,5-6,10-14H,4H2,1-2H3. The topological polar surface area (TPSA) is 118 Å². The molecule has 0 saturated heterocycles. The molecule has 0 fully saturated rings.